The van der Waals surface area contributed by atoms with E-state index in [0.717, 1.165) is 27.8 Å². The zero-order valence-corrected chi connectivity index (χ0v) is 22.2. The molecule has 5 rings (SSSR count). The van der Waals surface area contributed by atoms with Crippen LogP contribution in [0.2, 0.25) is 5.02 Å². The molecular formula is C29H31ClFN5O2. The second kappa shape index (κ2) is 11.0. The lowest BCUT2D eigenvalue weighted by Crippen LogP contribution is -2.51. The summed E-state index contributed by atoms with van der Waals surface area (Å²) in [7, 11) is 0. The Balaban J connectivity index is 1.40. The summed E-state index contributed by atoms with van der Waals surface area (Å²) < 4.78 is 13.6. The van der Waals surface area contributed by atoms with E-state index in [-0.39, 0.29) is 23.5 Å². The molecule has 2 aromatic carbocycles. The molecule has 9 heteroatoms. The molecule has 0 spiro atoms. The second-order valence-corrected chi connectivity index (χ2v) is 10.3. The van der Waals surface area contributed by atoms with Crippen molar-refractivity contribution < 1.29 is 14.3 Å². The van der Waals surface area contributed by atoms with Crippen LogP contribution in [0.4, 0.5) is 10.1 Å². The number of benzene rings is 2. The minimum atomic E-state index is -0.560. The van der Waals surface area contributed by atoms with Crippen molar-refractivity contribution in [2.24, 2.45) is 0 Å². The summed E-state index contributed by atoms with van der Waals surface area (Å²) in [5.74, 6) is -0.830. The molecule has 2 aromatic heterocycles. The van der Waals surface area contributed by atoms with Crippen LogP contribution >= 0.6 is 11.6 Å². The average Bonchev–Trinajstić information content (AvgIpc) is 3.39. The third kappa shape index (κ3) is 5.33. The number of hydrogen-bond acceptors (Lipinski definition) is 5. The van der Waals surface area contributed by atoms with Crippen molar-refractivity contribution in [1.82, 2.24) is 20.2 Å². The van der Waals surface area contributed by atoms with Crippen LogP contribution in [0.3, 0.4) is 0 Å². The topological polar surface area (TPSA) is 84.5 Å². The van der Waals surface area contributed by atoms with Crippen molar-refractivity contribution in [1.29, 1.82) is 0 Å². The fourth-order valence-electron chi connectivity index (χ4n) is 5.03. The molecule has 1 fully saturated rings. The number of piperazine rings is 1. The van der Waals surface area contributed by atoms with Gasteiger partial charge in [0.25, 0.3) is 0 Å². The number of nitrogens with one attached hydrogen (secondary N) is 2. The number of H-pyrrole nitrogens is 1. The minimum Gasteiger partial charge on any atom is -0.508 e. The highest BCUT2D eigenvalue weighted by molar-refractivity contribution is 6.30. The van der Waals surface area contributed by atoms with Crippen LogP contribution < -0.4 is 10.2 Å². The van der Waals surface area contributed by atoms with E-state index in [1.807, 2.05) is 37.2 Å². The lowest BCUT2D eigenvalue weighted by molar-refractivity contribution is -0.133. The monoisotopic (exact) mass is 535 g/mol. The molecule has 0 saturated carbocycles. The van der Waals surface area contributed by atoms with Crippen molar-refractivity contribution in [3.63, 3.8) is 0 Å². The maximum atomic E-state index is 13.8. The number of hydrogen-bond donors (Lipinski definition) is 3. The lowest BCUT2D eigenvalue weighted by atomic mass is 9.95. The molecule has 198 valence electrons. The summed E-state index contributed by atoms with van der Waals surface area (Å²) in [6, 6.07) is 13.4. The van der Waals surface area contributed by atoms with E-state index >= 15 is 0 Å². The molecule has 1 atom stereocenters. The van der Waals surface area contributed by atoms with E-state index in [2.05, 4.69) is 20.2 Å². The zero-order chi connectivity index (χ0) is 26.8. The van der Waals surface area contributed by atoms with Crippen LogP contribution in [0.1, 0.15) is 25.3 Å². The molecule has 1 saturated heterocycles. The number of anilines is 1. The number of carbonyl (C=O) groups is 1. The van der Waals surface area contributed by atoms with E-state index in [1.54, 1.807) is 24.3 Å². The molecule has 1 amide bonds. The number of amides is 1. The summed E-state index contributed by atoms with van der Waals surface area (Å²) >= 11 is 6.22. The number of carbonyl (C=O) groups excluding carboxylic acids is 1. The first-order valence-electron chi connectivity index (χ1n) is 12.8. The fourth-order valence-corrected chi connectivity index (χ4v) is 5.21. The first-order chi connectivity index (χ1) is 18.3. The molecular weight excluding hydrogens is 505 g/mol. The third-order valence-corrected chi connectivity index (χ3v) is 7.25. The number of phenolic OH excluding ortho intramolecular Hbond substituents is 1. The van der Waals surface area contributed by atoms with Gasteiger partial charge in [-0.25, -0.2) is 9.37 Å². The highest BCUT2D eigenvalue weighted by Crippen LogP contribution is 2.37. The molecule has 1 aliphatic rings. The Kier molecular flexibility index (Phi) is 7.53. The van der Waals surface area contributed by atoms with Gasteiger partial charge >= 0.3 is 0 Å². The predicted octanol–water partition coefficient (Wildman–Crippen LogP) is 5.16. The Morgan fingerprint density at radius 1 is 1.13 bits per heavy atom. The first-order valence-corrected chi connectivity index (χ1v) is 13.2. The normalized spacial score (nSPS) is 14.9. The summed E-state index contributed by atoms with van der Waals surface area (Å²) in [6.07, 6.45) is 3.67. The Labute approximate surface area is 226 Å². The van der Waals surface area contributed by atoms with Gasteiger partial charge < -0.3 is 25.2 Å². The maximum Gasteiger partial charge on any atom is 0.231 e. The number of aromatic amines is 1. The van der Waals surface area contributed by atoms with Crippen molar-refractivity contribution in [2.45, 2.75) is 25.8 Å². The first kappa shape index (κ1) is 26.0. The van der Waals surface area contributed by atoms with Gasteiger partial charge in [0.15, 0.2) is 0 Å². The van der Waals surface area contributed by atoms with Gasteiger partial charge in [-0.15, -0.1) is 0 Å². The maximum absolute atomic E-state index is 13.8. The fraction of sp³-hybridized carbons (Fsp3) is 0.310. The number of aromatic hydroxyl groups is 1. The van der Waals surface area contributed by atoms with Crippen molar-refractivity contribution in [3.05, 3.63) is 77.3 Å². The Morgan fingerprint density at radius 3 is 2.58 bits per heavy atom. The molecule has 38 heavy (non-hydrogen) atoms. The Bertz CT molecular complexity index is 1430. The van der Waals surface area contributed by atoms with Crippen molar-refractivity contribution in [2.75, 3.05) is 37.6 Å². The number of halogens is 2. The van der Waals surface area contributed by atoms with Crippen LogP contribution in [-0.2, 0) is 4.79 Å². The number of fused-ring (bicyclic) bond motifs is 1. The third-order valence-electron chi connectivity index (χ3n) is 7.01. The predicted molar refractivity (Wildman–Crippen MR) is 149 cm³/mol. The van der Waals surface area contributed by atoms with Gasteiger partial charge in [0.2, 0.25) is 5.91 Å². The van der Waals surface area contributed by atoms with Gasteiger partial charge in [-0.1, -0.05) is 37.6 Å². The molecule has 3 N–H and O–H groups in total. The minimum absolute atomic E-state index is 0.0457. The van der Waals surface area contributed by atoms with E-state index in [4.69, 9.17) is 11.6 Å². The van der Waals surface area contributed by atoms with Crippen LogP contribution in [0.5, 0.6) is 5.75 Å². The van der Waals surface area contributed by atoms with Gasteiger partial charge in [-0.3, -0.25) is 4.79 Å². The van der Waals surface area contributed by atoms with Gasteiger partial charge in [0, 0.05) is 72.7 Å². The van der Waals surface area contributed by atoms with E-state index in [9.17, 15) is 14.3 Å². The van der Waals surface area contributed by atoms with Crippen LogP contribution in [0.15, 0.2) is 60.9 Å². The summed E-state index contributed by atoms with van der Waals surface area (Å²) in [5, 5.41) is 15.3. The van der Waals surface area contributed by atoms with Gasteiger partial charge in [0.05, 0.1) is 11.6 Å². The molecule has 0 bridgehead atoms. The van der Waals surface area contributed by atoms with E-state index in [0.29, 0.717) is 43.3 Å². The molecule has 0 unspecified atom stereocenters. The van der Waals surface area contributed by atoms with E-state index in [1.165, 1.54) is 18.2 Å². The quantitative estimate of drug-likeness (QED) is 0.304. The van der Waals surface area contributed by atoms with Gasteiger partial charge in [-0.2, -0.15) is 0 Å². The smallest absolute Gasteiger partial charge is 0.231 e. The largest absolute Gasteiger partial charge is 0.508 e. The summed E-state index contributed by atoms with van der Waals surface area (Å²) in [5.41, 5.74) is 4.12. The van der Waals surface area contributed by atoms with E-state index < -0.39 is 5.92 Å². The lowest BCUT2D eigenvalue weighted by Gasteiger charge is -2.39. The van der Waals surface area contributed by atoms with Crippen LogP contribution in [0.25, 0.3) is 22.2 Å². The number of pyridine rings is 1. The van der Waals surface area contributed by atoms with Crippen molar-refractivity contribution in [3.8, 4) is 16.9 Å². The SMILES string of the molecule is CC(C)NC[C@@H](C(=O)N1CCN(c2c(-c3ccc(F)cc3)cnc3[nH]ccc23)CC1)c1cc(Cl)ccc1O. The standard InChI is InChI=1S/C29H31ClFN5O2/c1-18(2)33-17-25(23-15-20(30)5-8-26(23)37)29(38)36-13-11-35(12-14-36)27-22-9-10-32-28(22)34-16-24(27)19-3-6-21(31)7-4-19/h3-10,15-16,18,25,33,37H,11-14,17H2,1-2H3,(H,32,34)/t25-/m1/s1. The Hall–Kier alpha value is -3.62. The summed E-state index contributed by atoms with van der Waals surface area (Å²) in [6.45, 7) is 6.73. The van der Waals surface area contributed by atoms with Gasteiger partial charge in [-0.05, 0) is 42.0 Å². The Morgan fingerprint density at radius 2 is 1.87 bits per heavy atom. The highest BCUT2D eigenvalue weighted by Gasteiger charge is 2.31. The molecule has 4 aromatic rings. The molecule has 7 nitrogen and oxygen atoms in total. The number of rotatable bonds is 7. The highest BCUT2D eigenvalue weighted by atomic mass is 35.5. The summed E-state index contributed by atoms with van der Waals surface area (Å²) in [4.78, 5) is 25.6. The molecule has 0 radical (unpaired) electrons. The van der Waals surface area contributed by atoms with Crippen LogP contribution in [-0.4, -0.2) is 64.6 Å². The molecule has 3 heterocycles. The van der Waals surface area contributed by atoms with Gasteiger partial charge in [0.1, 0.15) is 17.2 Å². The number of phenols is 1. The molecule has 1 aliphatic heterocycles. The zero-order valence-electron chi connectivity index (χ0n) is 21.4. The van der Waals surface area contributed by atoms with Crippen LogP contribution in [0, 0.1) is 5.82 Å². The molecule has 0 aliphatic carbocycles. The average molecular weight is 536 g/mol. The number of nitrogens with zero attached hydrogens (tertiary/aromatic N) is 3. The van der Waals surface area contributed by atoms with Crippen molar-refractivity contribution >= 4 is 34.2 Å². The second-order valence-electron chi connectivity index (χ2n) is 9.90. The number of aromatic nitrogens is 2.